The molecule has 30 heavy (non-hydrogen) atoms. The van der Waals surface area contributed by atoms with Crippen LogP contribution in [0.5, 0.6) is 5.75 Å². The number of nitrogens with zero attached hydrogens (tertiary/aromatic N) is 1. The van der Waals surface area contributed by atoms with Crippen molar-refractivity contribution >= 4 is 5.69 Å². The minimum Gasteiger partial charge on any atom is -0.488 e. The van der Waals surface area contributed by atoms with Gasteiger partial charge in [0.25, 0.3) is 0 Å². The molecule has 1 saturated heterocycles. The van der Waals surface area contributed by atoms with Crippen molar-refractivity contribution in [1.29, 1.82) is 0 Å². The van der Waals surface area contributed by atoms with Crippen LogP contribution in [0.1, 0.15) is 29.5 Å². The number of nitrogens with one attached hydrogen (secondary N) is 1. The minimum absolute atomic E-state index is 0.231. The summed E-state index contributed by atoms with van der Waals surface area (Å²) in [4.78, 5) is 2.46. The second-order valence-corrected chi connectivity index (χ2v) is 8.74. The fourth-order valence-electron chi connectivity index (χ4n) is 5.15. The maximum absolute atomic E-state index is 5.91. The lowest BCUT2D eigenvalue weighted by atomic mass is 9.68. The smallest absolute Gasteiger partial charge is 0.127 e. The minimum atomic E-state index is 0.231. The first-order valence-corrected chi connectivity index (χ1v) is 10.9. The molecule has 0 aliphatic carbocycles. The molecule has 0 saturated carbocycles. The molecular formula is C27H29N2O. The fraction of sp³-hybridized carbons (Fsp3) is 0.333. The van der Waals surface area contributed by atoms with Gasteiger partial charge in [-0.15, -0.1) is 0 Å². The van der Waals surface area contributed by atoms with Gasteiger partial charge in [0.15, 0.2) is 0 Å². The summed E-state index contributed by atoms with van der Waals surface area (Å²) in [7, 11) is 2.24. The van der Waals surface area contributed by atoms with Gasteiger partial charge >= 0.3 is 0 Å². The van der Waals surface area contributed by atoms with Crippen LogP contribution in [0.3, 0.4) is 0 Å². The molecule has 3 heteroatoms. The van der Waals surface area contributed by atoms with Crippen molar-refractivity contribution in [3.8, 4) is 5.75 Å². The van der Waals surface area contributed by atoms with E-state index in [0.717, 1.165) is 25.3 Å². The Morgan fingerprint density at radius 2 is 1.80 bits per heavy atom. The van der Waals surface area contributed by atoms with E-state index in [2.05, 4.69) is 71.9 Å². The van der Waals surface area contributed by atoms with E-state index in [4.69, 9.17) is 4.74 Å². The van der Waals surface area contributed by atoms with Crippen LogP contribution in [0.15, 0.2) is 72.8 Å². The van der Waals surface area contributed by atoms with Crippen LogP contribution in [-0.2, 0) is 18.4 Å². The van der Waals surface area contributed by atoms with Gasteiger partial charge in [0.05, 0.1) is 0 Å². The van der Waals surface area contributed by atoms with Crippen LogP contribution >= 0.6 is 0 Å². The van der Waals surface area contributed by atoms with Gasteiger partial charge in [-0.2, -0.15) is 0 Å². The molecule has 3 aromatic rings. The molecule has 153 valence electrons. The summed E-state index contributed by atoms with van der Waals surface area (Å²) in [5.74, 6) is 0.793. The Bertz CT molecular complexity index is 993. The average Bonchev–Trinajstić information content (AvgIpc) is 3.08. The van der Waals surface area contributed by atoms with E-state index in [1.54, 1.807) is 0 Å². The third-order valence-corrected chi connectivity index (χ3v) is 6.85. The highest BCUT2D eigenvalue weighted by Gasteiger charge is 2.47. The highest BCUT2D eigenvalue weighted by Crippen LogP contribution is 2.48. The van der Waals surface area contributed by atoms with Gasteiger partial charge in [-0.3, -0.25) is 0 Å². The van der Waals surface area contributed by atoms with E-state index in [1.165, 1.54) is 35.2 Å². The molecule has 2 heterocycles. The molecule has 2 aliphatic rings. The predicted molar refractivity (Wildman–Crippen MR) is 122 cm³/mol. The van der Waals surface area contributed by atoms with Crippen LogP contribution < -0.4 is 10.1 Å². The summed E-state index contributed by atoms with van der Waals surface area (Å²) in [5.41, 5.74) is 5.65. The third kappa shape index (κ3) is 3.70. The molecule has 1 spiro atoms. The van der Waals surface area contributed by atoms with Gasteiger partial charge < -0.3 is 15.0 Å². The molecule has 0 bridgehead atoms. The Hall–Kier alpha value is -2.78. The van der Waals surface area contributed by atoms with Gasteiger partial charge in [0, 0.05) is 23.2 Å². The van der Waals surface area contributed by atoms with Crippen LogP contribution in [0.25, 0.3) is 0 Å². The predicted octanol–water partition coefficient (Wildman–Crippen LogP) is 5.07. The van der Waals surface area contributed by atoms with Crippen LogP contribution in [0.2, 0.25) is 0 Å². The Kier molecular flexibility index (Phi) is 5.22. The maximum atomic E-state index is 5.91. The molecule has 1 fully saturated rings. The number of hydrogen-bond donors (Lipinski definition) is 1. The number of ether oxygens (including phenoxy) is 1. The van der Waals surface area contributed by atoms with Crippen LogP contribution in [-0.4, -0.2) is 31.1 Å². The Labute approximate surface area is 179 Å². The first-order chi connectivity index (χ1) is 14.7. The Morgan fingerprint density at radius 3 is 2.63 bits per heavy atom. The van der Waals surface area contributed by atoms with Crippen molar-refractivity contribution in [3.05, 3.63) is 95.6 Å². The SMILES string of the molecule is CN1CCC2(CC1)c1ccccc1NC2Cc1cccc(COc2[c]cccc2)c1. The normalized spacial score (nSPS) is 20.0. The summed E-state index contributed by atoms with van der Waals surface area (Å²) in [6.07, 6.45) is 3.46. The van der Waals surface area contributed by atoms with E-state index >= 15 is 0 Å². The lowest BCUT2D eigenvalue weighted by Gasteiger charge is -2.42. The van der Waals surface area contributed by atoms with Gasteiger partial charge in [-0.1, -0.05) is 60.7 Å². The van der Waals surface area contributed by atoms with E-state index in [1.807, 2.05) is 24.3 Å². The topological polar surface area (TPSA) is 24.5 Å². The summed E-state index contributed by atoms with van der Waals surface area (Å²) >= 11 is 0. The van der Waals surface area contributed by atoms with Gasteiger partial charge in [0.1, 0.15) is 12.4 Å². The van der Waals surface area contributed by atoms with Crippen molar-refractivity contribution in [2.75, 3.05) is 25.5 Å². The highest BCUT2D eigenvalue weighted by molar-refractivity contribution is 5.62. The number of rotatable bonds is 5. The first-order valence-electron chi connectivity index (χ1n) is 10.9. The molecule has 1 atom stereocenters. The number of likely N-dealkylation sites (tertiary alicyclic amines) is 1. The zero-order valence-electron chi connectivity index (χ0n) is 17.6. The standard InChI is InChI=1S/C27H29N2O/c1-29-16-14-27(15-17-29)24-12-5-6-13-25(24)28-26(27)19-21-8-7-9-22(18-21)20-30-23-10-3-2-4-11-23/h2-10,12-13,18,26,28H,14-17,19-20H2,1H3. The van der Waals surface area contributed by atoms with Gasteiger partial charge in [-0.25, -0.2) is 0 Å². The average molecular weight is 398 g/mol. The van der Waals surface area contributed by atoms with Crippen molar-refractivity contribution in [1.82, 2.24) is 4.90 Å². The highest BCUT2D eigenvalue weighted by atomic mass is 16.5. The number of benzene rings is 3. The first kappa shape index (κ1) is 19.2. The van der Waals surface area contributed by atoms with Crippen LogP contribution in [0, 0.1) is 6.07 Å². The molecule has 0 aromatic heterocycles. The summed E-state index contributed by atoms with van der Waals surface area (Å²) in [5, 5.41) is 3.88. The largest absolute Gasteiger partial charge is 0.488 e. The molecule has 1 N–H and O–H groups in total. The van der Waals surface area contributed by atoms with Crippen molar-refractivity contribution in [3.63, 3.8) is 0 Å². The monoisotopic (exact) mass is 397 g/mol. The lowest BCUT2D eigenvalue weighted by Crippen LogP contribution is -2.48. The fourth-order valence-corrected chi connectivity index (χ4v) is 5.15. The number of hydrogen-bond acceptors (Lipinski definition) is 3. The number of para-hydroxylation sites is 2. The van der Waals surface area contributed by atoms with Crippen molar-refractivity contribution < 1.29 is 4.74 Å². The van der Waals surface area contributed by atoms with Gasteiger partial charge in [0.2, 0.25) is 0 Å². The quantitative estimate of drug-likeness (QED) is 0.651. The molecule has 3 aromatic carbocycles. The lowest BCUT2D eigenvalue weighted by molar-refractivity contribution is 0.175. The molecule has 0 amide bonds. The summed E-state index contributed by atoms with van der Waals surface area (Å²) < 4.78 is 5.91. The zero-order valence-corrected chi connectivity index (χ0v) is 17.6. The zero-order chi connectivity index (χ0) is 20.4. The van der Waals surface area contributed by atoms with Crippen LogP contribution in [0.4, 0.5) is 5.69 Å². The molecule has 1 radical (unpaired) electrons. The molecule has 2 aliphatic heterocycles. The van der Waals surface area contributed by atoms with Crippen molar-refractivity contribution in [2.24, 2.45) is 0 Å². The molecule has 1 unspecified atom stereocenters. The van der Waals surface area contributed by atoms with Gasteiger partial charge in [-0.05, 0) is 68.2 Å². The molecule has 3 nitrogen and oxygen atoms in total. The number of piperidine rings is 1. The van der Waals surface area contributed by atoms with E-state index in [9.17, 15) is 0 Å². The number of anilines is 1. The summed E-state index contributed by atoms with van der Waals surface area (Å²) in [6, 6.07) is 29.1. The summed E-state index contributed by atoms with van der Waals surface area (Å²) in [6.45, 7) is 2.89. The van der Waals surface area contributed by atoms with Crippen molar-refractivity contribution in [2.45, 2.75) is 37.3 Å². The van der Waals surface area contributed by atoms with E-state index in [0.29, 0.717) is 12.6 Å². The number of fused-ring (bicyclic) bond motifs is 2. The van der Waals surface area contributed by atoms with E-state index < -0.39 is 0 Å². The van der Waals surface area contributed by atoms with E-state index in [-0.39, 0.29) is 5.41 Å². The second-order valence-electron chi connectivity index (χ2n) is 8.74. The Balaban J connectivity index is 1.35. The third-order valence-electron chi connectivity index (χ3n) is 6.85. The maximum Gasteiger partial charge on any atom is 0.127 e. The Morgan fingerprint density at radius 1 is 1.00 bits per heavy atom. The second kappa shape index (κ2) is 8.16. The molecular weight excluding hydrogens is 368 g/mol. The molecule has 5 rings (SSSR count).